The van der Waals surface area contributed by atoms with E-state index in [0.29, 0.717) is 0 Å². The number of aliphatic hydroxyl groups is 1. The minimum atomic E-state index is -1.79. The minimum absolute atomic E-state index is 0. The summed E-state index contributed by atoms with van der Waals surface area (Å²) in [5.41, 5.74) is -2.16. The summed E-state index contributed by atoms with van der Waals surface area (Å²) in [6, 6.07) is 0.355. The predicted molar refractivity (Wildman–Crippen MR) is 86.9 cm³/mol. The van der Waals surface area contributed by atoms with Gasteiger partial charge in [-0.1, -0.05) is 0 Å². The van der Waals surface area contributed by atoms with E-state index in [9.17, 15) is 23.5 Å². The lowest BCUT2D eigenvalue weighted by Crippen LogP contribution is -2.37. The molecule has 0 fully saturated rings. The molecule has 1 aliphatic carbocycles. The maximum absolute atomic E-state index is 14.4. The number of halogens is 2. The zero-order valence-corrected chi connectivity index (χ0v) is 14.1. The van der Waals surface area contributed by atoms with Crippen LogP contribution in [0.15, 0.2) is 6.07 Å². The third-order valence-electron chi connectivity index (χ3n) is 4.02. The smallest absolute Gasteiger partial charge is 0.241 e. The normalized spacial score (nSPS) is 20.7. The van der Waals surface area contributed by atoms with Crippen molar-refractivity contribution >= 4 is 31.4 Å². The molecule has 0 heterocycles. The molecule has 2 rings (SSSR count). The van der Waals surface area contributed by atoms with Gasteiger partial charge in [-0.3, -0.25) is 9.69 Å². The molecule has 0 saturated carbocycles. The van der Waals surface area contributed by atoms with Crippen LogP contribution in [0, 0.1) is 11.6 Å². The number of anilines is 1. The summed E-state index contributed by atoms with van der Waals surface area (Å²) < 4.78 is 28.5. The van der Waals surface area contributed by atoms with Crippen LogP contribution >= 0.6 is 13.5 Å². The largest absolute Gasteiger partial charge is 0.382 e. The first-order valence-electron chi connectivity index (χ1n) is 6.84. The number of hydrogen-bond acceptors (Lipinski definition) is 4. The molecule has 1 unspecified atom stereocenters. The van der Waals surface area contributed by atoms with Crippen LogP contribution < -0.4 is 5.32 Å². The van der Waals surface area contributed by atoms with Gasteiger partial charge < -0.3 is 15.2 Å². The van der Waals surface area contributed by atoms with Crippen molar-refractivity contribution in [2.45, 2.75) is 31.4 Å². The Morgan fingerprint density at radius 1 is 1.39 bits per heavy atom. The Bertz CT molecular complexity index is 640. The zero-order chi connectivity index (χ0) is 16.7. The number of rotatable bonds is 4. The van der Waals surface area contributed by atoms with Crippen LogP contribution in [0.25, 0.3) is 0 Å². The first-order valence-corrected chi connectivity index (χ1v) is 6.84. The Morgan fingerprint density at radius 2 is 1.96 bits per heavy atom. The average molecular weight is 346 g/mol. The number of nitrogens with zero attached hydrogens (tertiary/aromatic N) is 1. The van der Waals surface area contributed by atoms with Gasteiger partial charge in [0.05, 0.1) is 11.7 Å². The molecule has 8 heteroatoms. The highest BCUT2D eigenvalue weighted by molar-refractivity contribution is 7.59. The Morgan fingerprint density at radius 3 is 2.48 bits per heavy atom. The third-order valence-corrected chi connectivity index (χ3v) is 4.02. The van der Waals surface area contributed by atoms with Crippen LogP contribution in [0.1, 0.15) is 18.1 Å². The zero-order valence-electron chi connectivity index (χ0n) is 13.1. The van der Waals surface area contributed by atoms with Gasteiger partial charge in [-0.15, -0.1) is 0 Å². The van der Waals surface area contributed by atoms with E-state index in [1.54, 1.807) is 25.9 Å². The van der Waals surface area contributed by atoms with Gasteiger partial charge in [-0.2, -0.15) is 13.5 Å². The Hall–Kier alpha value is -1.51. The second-order valence-corrected chi connectivity index (χ2v) is 5.88. The number of likely N-dealkylation sites (N-methyl/N-ethyl adjacent to an activating group) is 1. The summed E-state index contributed by atoms with van der Waals surface area (Å²) in [4.78, 5) is 24.5. The molecule has 1 aromatic rings. The lowest BCUT2D eigenvalue weighted by atomic mass is 10.0. The van der Waals surface area contributed by atoms with E-state index < -0.39 is 29.2 Å². The molecular weight excluding hydrogens is 326 g/mol. The summed E-state index contributed by atoms with van der Waals surface area (Å²) in [6.07, 6.45) is -0.281. The SMILES string of the molecule is C[C@H](C(=O)Nc1cc(F)c2c(c1F)CC(O)(C=O)C2)N(C)C.S. The fourth-order valence-electron chi connectivity index (χ4n) is 2.41. The first kappa shape index (κ1) is 19.5. The molecule has 23 heavy (non-hydrogen) atoms. The summed E-state index contributed by atoms with van der Waals surface area (Å²) >= 11 is 0. The summed E-state index contributed by atoms with van der Waals surface area (Å²) in [5.74, 6) is -2.04. The van der Waals surface area contributed by atoms with Crippen LogP contribution in [-0.4, -0.2) is 47.9 Å². The van der Waals surface area contributed by atoms with Crippen molar-refractivity contribution < 1.29 is 23.5 Å². The van der Waals surface area contributed by atoms with E-state index in [1.807, 2.05) is 0 Å². The number of hydrogen-bond donors (Lipinski definition) is 2. The fraction of sp³-hybridized carbons (Fsp3) is 0.467. The Kier molecular flexibility index (Phi) is 5.89. The quantitative estimate of drug-likeness (QED) is 0.798. The van der Waals surface area contributed by atoms with Crippen molar-refractivity contribution in [1.82, 2.24) is 4.90 Å². The molecule has 2 N–H and O–H groups in total. The Labute approximate surface area is 140 Å². The van der Waals surface area contributed by atoms with E-state index >= 15 is 0 Å². The molecule has 0 aliphatic heterocycles. The second kappa shape index (κ2) is 6.94. The van der Waals surface area contributed by atoms with Gasteiger partial charge in [0.25, 0.3) is 0 Å². The van der Waals surface area contributed by atoms with E-state index in [4.69, 9.17) is 0 Å². The average Bonchev–Trinajstić information content (AvgIpc) is 2.83. The van der Waals surface area contributed by atoms with Gasteiger partial charge in [-0.25, -0.2) is 8.78 Å². The summed E-state index contributed by atoms with van der Waals surface area (Å²) in [5, 5.41) is 12.3. The highest BCUT2D eigenvalue weighted by Crippen LogP contribution is 2.36. The van der Waals surface area contributed by atoms with E-state index in [-0.39, 0.29) is 49.4 Å². The molecular formula is C15H20F2N2O3S. The van der Waals surface area contributed by atoms with Crippen LogP contribution in [0.5, 0.6) is 0 Å². The third kappa shape index (κ3) is 3.70. The topological polar surface area (TPSA) is 69.6 Å². The molecule has 0 bridgehead atoms. The van der Waals surface area contributed by atoms with Crippen molar-refractivity contribution in [2.75, 3.05) is 19.4 Å². The molecule has 0 aromatic heterocycles. The van der Waals surface area contributed by atoms with Crippen molar-refractivity contribution in [2.24, 2.45) is 0 Å². The number of fused-ring (bicyclic) bond motifs is 1. The summed E-state index contributed by atoms with van der Waals surface area (Å²) in [7, 11) is 3.38. The highest BCUT2D eigenvalue weighted by atomic mass is 32.1. The fourth-order valence-corrected chi connectivity index (χ4v) is 2.41. The standard InChI is InChI=1S/C15H18F2N2O3.H2S/c1-8(19(2)3)14(21)18-12-4-11(16)9-5-15(22,7-20)6-10(9)13(12)17;/h4,7-8,22H,5-6H2,1-3H3,(H,18,21);1H2/t8-,15?;/m1./s1. The van der Waals surface area contributed by atoms with Gasteiger partial charge >= 0.3 is 0 Å². The van der Waals surface area contributed by atoms with Gasteiger partial charge in [0.15, 0.2) is 12.1 Å². The van der Waals surface area contributed by atoms with Crippen LogP contribution in [0.2, 0.25) is 0 Å². The number of nitrogens with one attached hydrogen (secondary N) is 1. The van der Waals surface area contributed by atoms with E-state index in [2.05, 4.69) is 5.32 Å². The van der Waals surface area contributed by atoms with Gasteiger partial charge in [0.1, 0.15) is 11.4 Å². The molecule has 0 radical (unpaired) electrons. The van der Waals surface area contributed by atoms with Gasteiger partial charge in [0.2, 0.25) is 5.91 Å². The number of benzene rings is 1. The molecule has 5 nitrogen and oxygen atoms in total. The monoisotopic (exact) mass is 346 g/mol. The molecule has 1 aromatic carbocycles. The Balaban J connectivity index is 0.00000264. The maximum atomic E-state index is 14.4. The van der Waals surface area contributed by atoms with Gasteiger partial charge in [-0.05, 0) is 32.1 Å². The summed E-state index contributed by atoms with van der Waals surface area (Å²) in [6.45, 7) is 1.63. The minimum Gasteiger partial charge on any atom is -0.382 e. The van der Waals surface area contributed by atoms with Crippen molar-refractivity contribution in [1.29, 1.82) is 0 Å². The molecule has 1 aliphatic rings. The number of carbonyl (C=O) groups excluding carboxylic acids is 2. The van der Waals surface area contributed by atoms with E-state index in [0.717, 1.165) is 6.07 Å². The molecule has 128 valence electrons. The molecule has 1 amide bonds. The van der Waals surface area contributed by atoms with Gasteiger partial charge in [0, 0.05) is 18.9 Å². The molecule has 0 saturated heterocycles. The highest BCUT2D eigenvalue weighted by Gasteiger charge is 2.39. The maximum Gasteiger partial charge on any atom is 0.241 e. The lowest BCUT2D eigenvalue weighted by molar-refractivity contribution is -0.123. The van der Waals surface area contributed by atoms with Crippen LogP contribution in [-0.2, 0) is 22.4 Å². The van der Waals surface area contributed by atoms with Crippen molar-refractivity contribution in [3.63, 3.8) is 0 Å². The van der Waals surface area contributed by atoms with Crippen molar-refractivity contribution in [3.8, 4) is 0 Å². The lowest BCUT2D eigenvalue weighted by Gasteiger charge is -2.19. The number of carbonyl (C=O) groups is 2. The van der Waals surface area contributed by atoms with Crippen LogP contribution in [0.4, 0.5) is 14.5 Å². The second-order valence-electron chi connectivity index (χ2n) is 5.88. The first-order chi connectivity index (χ1) is 10.2. The number of amides is 1. The molecule has 0 spiro atoms. The van der Waals surface area contributed by atoms with E-state index in [1.165, 1.54) is 0 Å². The van der Waals surface area contributed by atoms with Crippen LogP contribution in [0.3, 0.4) is 0 Å². The predicted octanol–water partition coefficient (Wildman–Crippen LogP) is 0.995. The van der Waals surface area contributed by atoms with Crippen molar-refractivity contribution in [3.05, 3.63) is 28.8 Å². The molecule has 2 atom stereocenters. The number of aldehydes is 1.